The molecule has 170 valence electrons. The van der Waals surface area contributed by atoms with Crippen molar-refractivity contribution in [1.29, 1.82) is 0 Å². The first kappa shape index (κ1) is 27.4. The molecule has 0 saturated carbocycles. The van der Waals surface area contributed by atoms with Crippen molar-refractivity contribution in [3.8, 4) is 0 Å². The molecule has 0 aromatic heterocycles. The number of esters is 2. The number of hydrogen-bond acceptors (Lipinski definition) is 5. The molecule has 0 rings (SSSR count). The minimum Gasteiger partial charge on any atom is -0.469 e. The van der Waals surface area contributed by atoms with Crippen LogP contribution in [0, 0.1) is 0 Å². The van der Waals surface area contributed by atoms with Crippen LogP contribution in [-0.2, 0) is 23.9 Å². The third-order valence-electron chi connectivity index (χ3n) is 4.96. The van der Waals surface area contributed by atoms with Crippen LogP contribution < -0.4 is 5.32 Å². The van der Waals surface area contributed by atoms with E-state index in [1.54, 1.807) is 0 Å². The maximum Gasteiger partial charge on any atom is 0.306 e. The van der Waals surface area contributed by atoms with E-state index in [1.807, 2.05) is 0 Å². The van der Waals surface area contributed by atoms with Crippen molar-refractivity contribution < 1.29 is 23.9 Å². The highest BCUT2D eigenvalue weighted by atomic mass is 16.5. The van der Waals surface area contributed by atoms with Gasteiger partial charge in [-0.15, -0.1) is 0 Å². The lowest BCUT2D eigenvalue weighted by atomic mass is 10.0. The molecule has 0 aliphatic heterocycles. The molecule has 0 radical (unpaired) electrons. The summed E-state index contributed by atoms with van der Waals surface area (Å²) in [6.07, 6.45) is 17.3. The summed E-state index contributed by atoms with van der Waals surface area (Å²) in [7, 11) is 1.28. The summed E-state index contributed by atoms with van der Waals surface area (Å²) in [4.78, 5) is 34.0. The molecule has 0 bridgehead atoms. The van der Waals surface area contributed by atoms with Gasteiger partial charge in [-0.2, -0.15) is 0 Å². The molecular weight excluding hydrogens is 370 g/mol. The van der Waals surface area contributed by atoms with Crippen molar-refractivity contribution >= 4 is 17.8 Å². The molecule has 0 aliphatic carbocycles. The van der Waals surface area contributed by atoms with Gasteiger partial charge < -0.3 is 14.8 Å². The van der Waals surface area contributed by atoms with Crippen LogP contribution in [0.1, 0.15) is 110 Å². The minimum absolute atomic E-state index is 0.000418. The number of carbonyl (C=O) groups is 3. The highest BCUT2D eigenvalue weighted by Crippen LogP contribution is 2.12. The molecule has 0 aromatic carbocycles. The summed E-state index contributed by atoms with van der Waals surface area (Å²) in [5, 5.41) is 2.75. The Morgan fingerprint density at radius 3 is 1.66 bits per heavy atom. The zero-order valence-corrected chi connectivity index (χ0v) is 18.8. The Hall–Kier alpha value is -1.59. The van der Waals surface area contributed by atoms with Gasteiger partial charge in [0.05, 0.1) is 26.5 Å². The Bertz CT molecular complexity index is 425. The highest BCUT2D eigenvalue weighted by molar-refractivity contribution is 5.77. The van der Waals surface area contributed by atoms with Gasteiger partial charge in [0.2, 0.25) is 5.91 Å². The fraction of sp³-hybridized carbons (Fsp3) is 0.870. The average molecular weight is 414 g/mol. The van der Waals surface area contributed by atoms with E-state index in [-0.39, 0.29) is 25.4 Å². The second kappa shape index (κ2) is 21.1. The van der Waals surface area contributed by atoms with Gasteiger partial charge in [-0.05, 0) is 6.42 Å². The quantitative estimate of drug-likeness (QED) is 0.222. The standard InChI is InChI=1S/C23H43NO5/c1-3-4-5-6-7-8-9-10-11-12-13-14-15-16-21(25)24-19-20-29-23(27)18-17-22(26)28-2/h3-20H2,1-2H3,(H,24,25). The second-order valence-corrected chi connectivity index (χ2v) is 7.64. The summed E-state index contributed by atoms with van der Waals surface area (Å²) >= 11 is 0. The molecular formula is C23H43NO5. The monoisotopic (exact) mass is 413 g/mol. The minimum atomic E-state index is -0.457. The van der Waals surface area contributed by atoms with Crippen molar-refractivity contribution in [3.05, 3.63) is 0 Å². The van der Waals surface area contributed by atoms with Crippen LogP contribution in [0.5, 0.6) is 0 Å². The molecule has 29 heavy (non-hydrogen) atoms. The maximum atomic E-state index is 11.7. The molecule has 6 heteroatoms. The number of nitrogens with one attached hydrogen (secondary N) is 1. The van der Waals surface area contributed by atoms with Gasteiger partial charge >= 0.3 is 11.9 Å². The number of amides is 1. The van der Waals surface area contributed by atoms with E-state index >= 15 is 0 Å². The molecule has 0 saturated heterocycles. The largest absolute Gasteiger partial charge is 0.469 e. The van der Waals surface area contributed by atoms with Crippen molar-refractivity contribution in [2.45, 2.75) is 110 Å². The molecule has 6 nitrogen and oxygen atoms in total. The summed E-state index contributed by atoms with van der Waals surface area (Å²) in [6.45, 7) is 2.69. The summed E-state index contributed by atoms with van der Waals surface area (Å²) in [5.74, 6) is -0.895. The summed E-state index contributed by atoms with van der Waals surface area (Å²) < 4.78 is 9.40. The fourth-order valence-electron chi connectivity index (χ4n) is 3.13. The smallest absolute Gasteiger partial charge is 0.306 e. The fourth-order valence-corrected chi connectivity index (χ4v) is 3.13. The molecule has 0 spiro atoms. The number of methoxy groups -OCH3 is 1. The first-order valence-electron chi connectivity index (χ1n) is 11.6. The van der Waals surface area contributed by atoms with Gasteiger partial charge in [-0.25, -0.2) is 0 Å². The van der Waals surface area contributed by atoms with E-state index in [9.17, 15) is 14.4 Å². The maximum absolute atomic E-state index is 11.7. The van der Waals surface area contributed by atoms with Crippen molar-refractivity contribution in [2.24, 2.45) is 0 Å². The molecule has 0 fully saturated rings. The number of rotatable bonds is 20. The number of hydrogen-bond donors (Lipinski definition) is 1. The van der Waals surface area contributed by atoms with Crippen molar-refractivity contribution in [1.82, 2.24) is 5.32 Å². The van der Waals surface area contributed by atoms with Crippen molar-refractivity contribution in [2.75, 3.05) is 20.3 Å². The first-order chi connectivity index (χ1) is 14.1. The van der Waals surface area contributed by atoms with E-state index < -0.39 is 11.9 Å². The molecule has 1 amide bonds. The lowest BCUT2D eigenvalue weighted by Gasteiger charge is -2.07. The molecule has 1 N–H and O–H groups in total. The predicted molar refractivity (Wildman–Crippen MR) is 116 cm³/mol. The first-order valence-corrected chi connectivity index (χ1v) is 11.6. The lowest BCUT2D eigenvalue weighted by Crippen LogP contribution is -2.27. The summed E-state index contributed by atoms with van der Waals surface area (Å²) in [5.41, 5.74) is 0. The van der Waals surface area contributed by atoms with Gasteiger partial charge in [0.25, 0.3) is 0 Å². The number of carbonyl (C=O) groups excluding carboxylic acids is 3. The Morgan fingerprint density at radius 2 is 1.14 bits per heavy atom. The Kier molecular flexibility index (Phi) is 20.0. The number of ether oxygens (including phenoxy) is 2. The van der Waals surface area contributed by atoms with Crippen LogP contribution >= 0.6 is 0 Å². The van der Waals surface area contributed by atoms with Gasteiger partial charge in [-0.1, -0.05) is 84.0 Å². The molecule has 0 aromatic rings. The van der Waals surface area contributed by atoms with Gasteiger partial charge in [0.15, 0.2) is 0 Å². The third-order valence-corrected chi connectivity index (χ3v) is 4.96. The van der Waals surface area contributed by atoms with Crippen LogP contribution in [0.4, 0.5) is 0 Å². The number of unbranched alkanes of at least 4 members (excludes halogenated alkanes) is 12. The summed E-state index contributed by atoms with van der Waals surface area (Å²) in [6, 6.07) is 0. The lowest BCUT2D eigenvalue weighted by molar-refractivity contribution is -0.149. The normalized spacial score (nSPS) is 10.6. The molecule has 0 heterocycles. The van der Waals surface area contributed by atoms with Crippen LogP contribution in [-0.4, -0.2) is 38.1 Å². The van der Waals surface area contributed by atoms with Crippen molar-refractivity contribution in [3.63, 3.8) is 0 Å². The molecule has 0 atom stereocenters. The Morgan fingerprint density at radius 1 is 0.655 bits per heavy atom. The average Bonchev–Trinajstić information content (AvgIpc) is 2.72. The van der Waals surface area contributed by atoms with Crippen LogP contribution in [0.25, 0.3) is 0 Å². The zero-order valence-electron chi connectivity index (χ0n) is 18.8. The van der Waals surface area contributed by atoms with E-state index in [0.29, 0.717) is 13.0 Å². The van der Waals surface area contributed by atoms with Gasteiger partial charge in [0.1, 0.15) is 6.61 Å². The molecule has 0 aliphatic rings. The van der Waals surface area contributed by atoms with Gasteiger partial charge in [-0.3, -0.25) is 14.4 Å². The molecule has 0 unspecified atom stereocenters. The van der Waals surface area contributed by atoms with Crippen LogP contribution in [0.2, 0.25) is 0 Å². The van der Waals surface area contributed by atoms with Gasteiger partial charge in [0, 0.05) is 6.42 Å². The van der Waals surface area contributed by atoms with Crippen LogP contribution in [0.15, 0.2) is 0 Å². The Labute approximate surface area is 177 Å². The van der Waals surface area contributed by atoms with E-state index in [1.165, 1.54) is 77.7 Å². The highest BCUT2D eigenvalue weighted by Gasteiger charge is 2.08. The van der Waals surface area contributed by atoms with E-state index in [2.05, 4.69) is 17.0 Å². The second-order valence-electron chi connectivity index (χ2n) is 7.64. The SMILES string of the molecule is CCCCCCCCCCCCCCCC(=O)NCCOC(=O)CCC(=O)OC. The third kappa shape index (κ3) is 20.9. The van der Waals surface area contributed by atoms with E-state index in [4.69, 9.17) is 4.74 Å². The van der Waals surface area contributed by atoms with E-state index in [0.717, 1.165) is 12.8 Å². The topological polar surface area (TPSA) is 81.7 Å². The Balaban J connectivity index is 3.30. The predicted octanol–water partition coefficient (Wildman–Crippen LogP) is 5.08. The van der Waals surface area contributed by atoms with Crippen LogP contribution in [0.3, 0.4) is 0 Å². The zero-order chi connectivity index (χ0) is 21.6.